The Kier molecular flexibility index (Phi) is 4.23. The molecular formula is C14H12FNO4S. The number of rotatable bonds is 3. The third-order valence-corrected chi connectivity index (χ3v) is 3.62. The van der Waals surface area contributed by atoms with Crippen molar-refractivity contribution in [3.05, 3.63) is 54.1 Å². The lowest BCUT2D eigenvalue weighted by molar-refractivity contribution is 0.215. The summed E-state index contributed by atoms with van der Waals surface area (Å²) in [6.07, 6.45) is -0.799. The third-order valence-electron chi connectivity index (χ3n) is 2.65. The molecule has 1 amide bonds. The van der Waals surface area contributed by atoms with Gasteiger partial charge in [0.25, 0.3) is 0 Å². The van der Waals surface area contributed by atoms with Gasteiger partial charge in [0, 0.05) is 5.69 Å². The van der Waals surface area contributed by atoms with Crippen LogP contribution in [0.15, 0.2) is 53.4 Å². The van der Waals surface area contributed by atoms with Crippen molar-refractivity contribution in [2.45, 2.75) is 11.8 Å². The van der Waals surface area contributed by atoms with E-state index in [-0.39, 0.29) is 11.3 Å². The lowest BCUT2D eigenvalue weighted by Gasteiger charge is -2.08. The molecule has 0 unspecified atom stereocenters. The Morgan fingerprint density at radius 2 is 1.81 bits per heavy atom. The minimum atomic E-state index is -4.84. The van der Waals surface area contributed by atoms with Crippen molar-refractivity contribution in [3.8, 4) is 5.75 Å². The maximum atomic E-state index is 13.1. The summed E-state index contributed by atoms with van der Waals surface area (Å²) in [7, 11) is -4.84. The molecule has 0 bridgehead atoms. The summed E-state index contributed by atoms with van der Waals surface area (Å²) in [6.45, 7) is 1.46. The molecule has 0 aliphatic rings. The van der Waals surface area contributed by atoms with E-state index >= 15 is 0 Å². The molecule has 5 nitrogen and oxygen atoms in total. The van der Waals surface area contributed by atoms with Crippen molar-refractivity contribution in [3.63, 3.8) is 0 Å². The molecule has 0 saturated heterocycles. The molecule has 0 spiro atoms. The molecule has 7 heteroatoms. The molecule has 0 aromatic heterocycles. The number of nitrogens with one attached hydrogen (secondary N) is 1. The van der Waals surface area contributed by atoms with E-state index in [2.05, 4.69) is 5.32 Å². The second-order valence-electron chi connectivity index (χ2n) is 4.25. The van der Waals surface area contributed by atoms with Crippen LogP contribution in [0.2, 0.25) is 0 Å². The van der Waals surface area contributed by atoms with E-state index in [4.69, 9.17) is 4.74 Å². The molecule has 110 valence electrons. The SMILES string of the molecule is Cc1ccc(NC(=O)Oc2ccccc2)cc1S(=O)(=O)F. The molecule has 0 heterocycles. The molecule has 0 atom stereocenters. The van der Waals surface area contributed by atoms with Crippen molar-refractivity contribution in [1.82, 2.24) is 0 Å². The number of anilines is 1. The van der Waals surface area contributed by atoms with Crippen LogP contribution in [0.3, 0.4) is 0 Å². The Morgan fingerprint density at radius 1 is 1.14 bits per heavy atom. The molecule has 2 rings (SSSR count). The van der Waals surface area contributed by atoms with Gasteiger partial charge >= 0.3 is 16.3 Å². The van der Waals surface area contributed by atoms with Crippen molar-refractivity contribution in [2.24, 2.45) is 0 Å². The van der Waals surface area contributed by atoms with E-state index in [1.54, 1.807) is 30.3 Å². The first kappa shape index (κ1) is 15.0. The van der Waals surface area contributed by atoms with E-state index in [9.17, 15) is 17.1 Å². The standard InChI is InChI=1S/C14H12FNO4S/c1-10-7-8-11(9-13(10)21(15,18)19)16-14(17)20-12-5-3-2-4-6-12/h2-9H,1H3,(H,16,17). The first-order valence-electron chi connectivity index (χ1n) is 5.95. The topological polar surface area (TPSA) is 72.5 Å². The van der Waals surface area contributed by atoms with Gasteiger partial charge in [-0.3, -0.25) is 5.32 Å². The summed E-state index contributed by atoms with van der Waals surface area (Å²) in [5.74, 6) is 0.334. The van der Waals surface area contributed by atoms with Gasteiger partial charge in [-0.2, -0.15) is 8.42 Å². The minimum absolute atomic E-state index is 0.123. The summed E-state index contributed by atoms with van der Waals surface area (Å²) < 4.78 is 40.0. The summed E-state index contributed by atoms with van der Waals surface area (Å²) in [4.78, 5) is 11.2. The molecule has 0 aliphatic carbocycles. The number of benzene rings is 2. The van der Waals surface area contributed by atoms with Gasteiger partial charge in [0.1, 0.15) is 10.6 Å². The maximum Gasteiger partial charge on any atom is 0.417 e. The average molecular weight is 309 g/mol. The van der Waals surface area contributed by atoms with Gasteiger partial charge in [-0.05, 0) is 36.8 Å². The van der Waals surface area contributed by atoms with Crippen LogP contribution in [0.5, 0.6) is 5.75 Å². The van der Waals surface area contributed by atoms with Crippen LogP contribution in [0.4, 0.5) is 14.4 Å². The predicted octanol–water partition coefficient (Wildman–Crippen LogP) is 3.26. The summed E-state index contributed by atoms with van der Waals surface area (Å²) in [5, 5.41) is 2.34. The third kappa shape index (κ3) is 4.03. The molecule has 0 fully saturated rings. The van der Waals surface area contributed by atoms with Crippen LogP contribution < -0.4 is 10.1 Å². The Bertz CT molecular complexity index is 760. The fourth-order valence-corrected chi connectivity index (χ4v) is 2.40. The highest BCUT2D eigenvalue weighted by molar-refractivity contribution is 7.86. The Labute approximate surface area is 121 Å². The second kappa shape index (κ2) is 5.92. The number of hydrogen-bond donors (Lipinski definition) is 1. The van der Waals surface area contributed by atoms with Gasteiger partial charge in [0.05, 0.1) is 0 Å². The summed E-state index contributed by atoms with van der Waals surface area (Å²) >= 11 is 0. The molecule has 0 aliphatic heterocycles. The summed E-state index contributed by atoms with van der Waals surface area (Å²) in [6, 6.07) is 12.2. The highest BCUT2D eigenvalue weighted by Crippen LogP contribution is 2.22. The molecule has 2 aromatic carbocycles. The maximum absolute atomic E-state index is 13.1. The molecule has 0 radical (unpaired) electrons. The number of ether oxygens (including phenoxy) is 1. The first-order valence-corrected chi connectivity index (χ1v) is 7.34. The van der Waals surface area contributed by atoms with Gasteiger partial charge in [-0.25, -0.2) is 4.79 Å². The number of amides is 1. The normalized spacial score (nSPS) is 11.0. The highest BCUT2D eigenvalue weighted by atomic mass is 32.3. The minimum Gasteiger partial charge on any atom is -0.410 e. The molecule has 0 saturated carbocycles. The van der Waals surface area contributed by atoms with Gasteiger partial charge in [0.15, 0.2) is 0 Å². The van der Waals surface area contributed by atoms with E-state index in [1.807, 2.05) is 0 Å². The second-order valence-corrected chi connectivity index (χ2v) is 5.56. The van der Waals surface area contributed by atoms with E-state index in [1.165, 1.54) is 19.1 Å². The predicted molar refractivity (Wildman–Crippen MR) is 75.6 cm³/mol. The van der Waals surface area contributed by atoms with E-state index in [0.717, 1.165) is 6.07 Å². The fraction of sp³-hybridized carbons (Fsp3) is 0.0714. The zero-order valence-electron chi connectivity index (χ0n) is 11.0. The number of carbonyl (C=O) groups is 1. The van der Waals surface area contributed by atoms with Gasteiger partial charge in [0.2, 0.25) is 0 Å². The van der Waals surface area contributed by atoms with Crippen molar-refractivity contribution >= 4 is 22.0 Å². The molecule has 21 heavy (non-hydrogen) atoms. The average Bonchev–Trinajstić information content (AvgIpc) is 2.41. The Hall–Kier alpha value is -2.41. The van der Waals surface area contributed by atoms with Gasteiger partial charge in [-0.1, -0.05) is 24.3 Å². The van der Waals surface area contributed by atoms with Crippen LogP contribution in [0.1, 0.15) is 5.56 Å². The fourth-order valence-electron chi connectivity index (χ4n) is 1.68. The lowest BCUT2D eigenvalue weighted by atomic mass is 10.2. The van der Waals surface area contributed by atoms with Crippen LogP contribution in [0, 0.1) is 6.92 Å². The Morgan fingerprint density at radius 3 is 2.43 bits per heavy atom. The zero-order chi connectivity index (χ0) is 15.5. The van der Waals surface area contributed by atoms with Crippen LogP contribution in [-0.2, 0) is 10.2 Å². The van der Waals surface area contributed by atoms with Crippen molar-refractivity contribution in [1.29, 1.82) is 0 Å². The van der Waals surface area contributed by atoms with E-state index in [0.29, 0.717) is 5.75 Å². The smallest absolute Gasteiger partial charge is 0.410 e. The molecular weight excluding hydrogens is 297 g/mol. The Balaban J connectivity index is 2.15. The number of hydrogen-bond acceptors (Lipinski definition) is 4. The molecule has 2 aromatic rings. The number of para-hydroxylation sites is 1. The summed E-state index contributed by atoms with van der Waals surface area (Å²) in [5.41, 5.74) is 0.372. The van der Waals surface area contributed by atoms with Gasteiger partial charge < -0.3 is 4.74 Å². The lowest BCUT2D eigenvalue weighted by Crippen LogP contribution is -2.17. The van der Waals surface area contributed by atoms with Crippen molar-refractivity contribution < 1.29 is 21.8 Å². The van der Waals surface area contributed by atoms with Crippen molar-refractivity contribution in [2.75, 3.05) is 5.32 Å². The first-order chi connectivity index (χ1) is 9.86. The van der Waals surface area contributed by atoms with Gasteiger partial charge in [-0.15, -0.1) is 3.89 Å². The quantitative estimate of drug-likeness (QED) is 0.883. The largest absolute Gasteiger partial charge is 0.417 e. The number of aryl methyl sites for hydroxylation is 1. The number of carbonyl (C=O) groups excluding carboxylic acids is 1. The van der Waals surface area contributed by atoms with E-state index < -0.39 is 21.2 Å². The number of halogens is 1. The van der Waals surface area contributed by atoms with Crippen LogP contribution in [0.25, 0.3) is 0 Å². The van der Waals surface area contributed by atoms with Crippen LogP contribution >= 0.6 is 0 Å². The highest BCUT2D eigenvalue weighted by Gasteiger charge is 2.16. The monoisotopic (exact) mass is 309 g/mol. The molecule has 1 N–H and O–H groups in total. The van der Waals surface area contributed by atoms with Crippen LogP contribution in [-0.4, -0.2) is 14.5 Å². The zero-order valence-corrected chi connectivity index (χ0v) is 11.9.